The van der Waals surface area contributed by atoms with Crippen LogP contribution in [0.25, 0.3) is 0 Å². The topological polar surface area (TPSA) is 81.7 Å². The molecule has 0 saturated heterocycles. The fourth-order valence-electron chi connectivity index (χ4n) is 6.36. The molecule has 0 atom stereocenters. The van der Waals surface area contributed by atoms with Crippen LogP contribution in [0.15, 0.2) is 54.6 Å². The maximum Gasteiger partial charge on any atom is 0.407 e. The Hall–Kier alpha value is -3.41. The van der Waals surface area contributed by atoms with E-state index in [0.717, 1.165) is 16.7 Å². The van der Waals surface area contributed by atoms with Gasteiger partial charge in [0.15, 0.2) is 0 Å². The summed E-state index contributed by atoms with van der Waals surface area (Å²) < 4.78 is 28.2. The van der Waals surface area contributed by atoms with Crippen LogP contribution < -0.4 is 25.5 Å². The highest BCUT2D eigenvalue weighted by molar-refractivity contribution is 7.01. The van der Waals surface area contributed by atoms with Gasteiger partial charge in [-0.2, -0.15) is 0 Å². The van der Waals surface area contributed by atoms with Gasteiger partial charge >= 0.3 is 6.09 Å². The SMILES string of the molecule is COCCOCCOCCNC(=O)OCc1ccc2c(c1)COC21c2ccc(N(C)C)cc2[Si](C)(C)c2cc(N(C)C)ccc21. The fraction of sp³-hybridized carbons (Fsp3) is 0.457. The van der Waals surface area contributed by atoms with Gasteiger partial charge in [-0.3, -0.25) is 0 Å². The number of hydrogen-bond donors (Lipinski definition) is 1. The zero-order valence-corrected chi connectivity index (χ0v) is 28.7. The molecule has 3 aromatic carbocycles. The monoisotopic (exact) mass is 633 g/mol. The van der Waals surface area contributed by atoms with Gasteiger partial charge in [0.05, 0.1) is 39.6 Å². The summed E-state index contributed by atoms with van der Waals surface area (Å²) in [7, 11) is 7.92. The van der Waals surface area contributed by atoms with Gasteiger partial charge in [0.25, 0.3) is 0 Å². The Kier molecular flexibility index (Phi) is 10.2. The normalized spacial score (nSPS) is 15.3. The van der Waals surface area contributed by atoms with Crippen molar-refractivity contribution in [3.8, 4) is 0 Å². The van der Waals surface area contributed by atoms with Crippen LogP contribution >= 0.6 is 0 Å². The standard InChI is InChI=1S/C35H47N3O6Si/c1-37(2)27-9-12-30-32(21-27)45(6,7)33-22-28(38(3)4)10-13-31(33)35(30)29-11-8-25(20-26(29)24-44-35)23-43-34(39)36-14-15-41-18-19-42-17-16-40-5/h8-13,20-22H,14-19,23-24H2,1-7H3,(H,36,39). The van der Waals surface area contributed by atoms with E-state index in [-0.39, 0.29) is 6.61 Å². The molecule has 1 N–H and O–H groups in total. The molecule has 242 valence electrons. The summed E-state index contributed by atoms with van der Waals surface area (Å²) in [5.74, 6) is 0. The second-order valence-corrected chi connectivity index (χ2v) is 16.9. The third kappa shape index (κ3) is 6.61. The molecule has 0 bridgehead atoms. The van der Waals surface area contributed by atoms with Crippen molar-refractivity contribution in [3.63, 3.8) is 0 Å². The van der Waals surface area contributed by atoms with Crippen molar-refractivity contribution < 1.29 is 28.5 Å². The zero-order chi connectivity index (χ0) is 32.2. The number of methoxy groups -OCH3 is 1. The Morgan fingerprint density at radius 3 is 2.00 bits per heavy atom. The summed E-state index contributed by atoms with van der Waals surface area (Å²) in [5.41, 5.74) is 7.36. The minimum Gasteiger partial charge on any atom is -0.445 e. The molecule has 45 heavy (non-hydrogen) atoms. The first kappa shape index (κ1) is 33.0. The van der Waals surface area contributed by atoms with E-state index in [0.29, 0.717) is 46.2 Å². The van der Waals surface area contributed by atoms with Crippen LogP contribution in [0.1, 0.15) is 27.8 Å². The van der Waals surface area contributed by atoms with Crippen LogP contribution in [0.3, 0.4) is 0 Å². The number of anilines is 2. The minimum absolute atomic E-state index is 0.172. The van der Waals surface area contributed by atoms with E-state index in [4.69, 9.17) is 23.7 Å². The second kappa shape index (κ2) is 13.9. The molecule has 9 nitrogen and oxygen atoms in total. The molecule has 10 heteroatoms. The van der Waals surface area contributed by atoms with Crippen LogP contribution in [0.4, 0.5) is 16.2 Å². The van der Waals surface area contributed by atoms with Crippen LogP contribution in [0.5, 0.6) is 0 Å². The number of fused-ring (bicyclic) bond motifs is 6. The molecule has 3 aromatic rings. The molecule has 2 heterocycles. The van der Waals surface area contributed by atoms with Crippen molar-refractivity contribution in [3.05, 3.63) is 82.4 Å². The fourth-order valence-corrected chi connectivity index (χ4v) is 9.53. The van der Waals surface area contributed by atoms with E-state index in [1.54, 1.807) is 7.11 Å². The highest BCUT2D eigenvalue weighted by Crippen LogP contribution is 2.49. The molecular weight excluding hydrogens is 586 g/mol. The third-order valence-corrected chi connectivity index (χ3v) is 12.3. The van der Waals surface area contributed by atoms with E-state index < -0.39 is 19.8 Å². The number of ether oxygens (including phenoxy) is 5. The van der Waals surface area contributed by atoms with Crippen molar-refractivity contribution in [2.75, 3.05) is 84.7 Å². The van der Waals surface area contributed by atoms with Crippen LogP contribution in [-0.4, -0.2) is 89.0 Å². The van der Waals surface area contributed by atoms with Gasteiger partial charge in [-0.15, -0.1) is 0 Å². The van der Waals surface area contributed by atoms with Gasteiger partial charge in [0.1, 0.15) is 20.3 Å². The number of nitrogens with one attached hydrogen (secondary N) is 1. The van der Waals surface area contributed by atoms with Gasteiger partial charge in [-0.1, -0.05) is 37.4 Å². The molecule has 0 radical (unpaired) electrons. The zero-order valence-electron chi connectivity index (χ0n) is 27.7. The number of carbonyl (C=O) groups is 1. The molecule has 0 aromatic heterocycles. The van der Waals surface area contributed by atoms with E-state index in [1.165, 1.54) is 32.9 Å². The van der Waals surface area contributed by atoms with Crippen LogP contribution in [0, 0.1) is 0 Å². The Morgan fingerprint density at radius 1 is 0.822 bits per heavy atom. The maximum atomic E-state index is 12.3. The molecule has 0 unspecified atom stereocenters. The lowest BCUT2D eigenvalue weighted by Gasteiger charge is -2.45. The summed E-state index contributed by atoms with van der Waals surface area (Å²) in [6.07, 6.45) is -0.473. The number of rotatable bonds is 13. The molecule has 0 aliphatic carbocycles. The van der Waals surface area contributed by atoms with Crippen molar-refractivity contribution in [1.82, 2.24) is 5.32 Å². The number of nitrogens with zero attached hydrogens (tertiary/aromatic N) is 2. The number of hydrogen-bond acceptors (Lipinski definition) is 8. The molecule has 1 amide bonds. The van der Waals surface area contributed by atoms with Gasteiger partial charge in [-0.05, 0) is 68.5 Å². The van der Waals surface area contributed by atoms with E-state index in [1.807, 2.05) is 6.07 Å². The first-order valence-corrected chi connectivity index (χ1v) is 18.6. The van der Waals surface area contributed by atoms with E-state index in [9.17, 15) is 4.79 Å². The first-order chi connectivity index (χ1) is 21.6. The average molecular weight is 634 g/mol. The molecule has 0 fully saturated rings. The third-order valence-electron chi connectivity index (χ3n) is 8.83. The Balaban J connectivity index is 1.33. The van der Waals surface area contributed by atoms with Gasteiger partial charge < -0.3 is 38.8 Å². The Morgan fingerprint density at radius 2 is 1.40 bits per heavy atom. The molecular formula is C35H47N3O6Si. The molecule has 0 saturated carbocycles. The van der Waals surface area contributed by atoms with Gasteiger partial charge in [0, 0.05) is 53.2 Å². The number of alkyl carbamates (subject to hydrolysis) is 1. The Labute approximate surface area is 268 Å². The summed E-state index contributed by atoms with van der Waals surface area (Å²) in [5, 5.41) is 5.54. The van der Waals surface area contributed by atoms with Gasteiger partial charge in [0.2, 0.25) is 0 Å². The lowest BCUT2D eigenvalue weighted by Crippen LogP contribution is -2.63. The lowest BCUT2D eigenvalue weighted by molar-refractivity contribution is 0.0254. The quantitative estimate of drug-likeness (QED) is 0.226. The van der Waals surface area contributed by atoms with Crippen LogP contribution in [-0.2, 0) is 42.5 Å². The largest absolute Gasteiger partial charge is 0.445 e. The minimum atomic E-state index is -2.08. The van der Waals surface area contributed by atoms with Crippen molar-refractivity contribution >= 4 is 35.9 Å². The lowest BCUT2D eigenvalue weighted by atomic mass is 9.79. The van der Waals surface area contributed by atoms with Crippen molar-refractivity contribution in [1.29, 1.82) is 0 Å². The molecule has 2 aliphatic heterocycles. The molecule has 2 aliphatic rings. The number of carbonyl (C=O) groups excluding carboxylic acids is 1. The summed E-state index contributed by atoms with van der Waals surface area (Å²) >= 11 is 0. The van der Waals surface area contributed by atoms with E-state index in [2.05, 4.69) is 105 Å². The van der Waals surface area contributed by atoms with Crippen molar-refractivity contribution in [2.24, 2.45) is 0 Å². The predicted molar refractivity (Wildman–Crippen MR) is 181 cm³/mol. The highest BCUT2D eigenvalue weighted by atomic mass is 28.3. The predicted octanol–water partition coefficient (Wildman–Crippen LogP) is 3.68. The molecule has 1 spiro atoms. The van der Waals surface area contributed by atoms with E-state index >= 15 is 0 Å². The summed E-state index contributed by atoms with van der Waals surface area (Å²) in [6, 6.07) is 20.0. The number of benzene rings is 3. The second-order valence-electron chi connectivity index (χ2n) is 12.6. The molecule has 5 rings (SSSR count). The summed E-state index contributed by atoms with van der Waals surface area (Å²) in [4.78, 5) is 16.7. The highest BCUT2D eigenvalue weighted by Gasteiger charge is 2.53. The smallest absolute Gasteiger partial charge is 0.407 e. The van der Waals surface area contributed by atoms with Crippen LogP contribution in [0.2, 0.25) is 13.1 Å². The van der Waals surface area contributed by atoms with Crippen molar-refractivity contribution in [2.45, 2.75) is 31.9 Å². The number of amides is 1. The first-order valence-electron chi connectivity index (χ1n) is 15.6. The Bertz CT molecular complexity index is 1450. The maximum absolute atomic E-state index is 12.3. The average Bonchev–Trinajstić information content (AvgIpc) is 3.41. The van der Waals surface area contributed by atoms with Gasteiger partial charge in [-0.25, -0.2) is 4.79 Å². The summed E-state index contributed by atoms with van der Waals surface area (Å²) in [6.45, 7) is 8.34.